The number of halogens is 1. The van der Waals surface area contributed by atoms with Crippen LogP contribution < -0.4 is 4.74 Å². The molecule has 2 nitrogen and oxygen atoms in total. The van der Waals surface area contributed by atoms with E-state index >= 15 is 0 Å². The van der Waals surface area contributed by atoms with Crippen molar-refractivity contribution in [2.24, 2.45) is 0 Å². The van der Waals surface area contributed by atoms with Gasteiger partial charge in [-0.15, -0.1) is 0 Å². The molecule has 1 saturated carbocycles. The highest BCUT2D eigenvalue weighted by Crippen LogP contribution is 2.47. The van der Waals surface area contributed by atoms with E-state index in [1.54, 1.807) is 7.11 Å². The summed E-state index contributed by atoms with van der Waals surface area (Å²) in [6.45, 7) is 0. The first-order valence-electron chi connectivity index (χ1n) is 4.99. The van der Waals surface area contributed by atoms with Gasteiger partial charge in [0.1, 0.15) is 5.75 Å². The average Bonchev–Trinajstić information content (AvgIpc) is 3.01. The summed E-state index contributed by atoms with van der Waals surface area (Å²) in [4.78, 5) is 0. The maximum atomic E-state index is 8.63. The van der Waals surface area contributed by atoms with Crippen LogP contribution in [0, 0.1) is 11.3 Å². The molecule has 0 aromatic heterocycles. The van der Waals surface area contributed by atoms with E-state index < -0.39 is 0 Å². The third-order valence-corrected chi connectivity index (χ3v) is 2.95. The van der Waals surface area contributed by atoms with Crippen LogP contribution in [0.1, 0.15) is 29.9 Å². The number of ether oxygens (including phenoxy) is 1. The van der Waals surface area contributed by atoms with Crippen LogP contribution in [-0.4, -0.2) is 7.11 Å². The van der Waals surface area contributed by atoms with Gasteiger partial charge >= 0.3 is 0 Å². The van der Waals surface area contributed by atoms with E-state index in [1.807, 2.05) is 12.1 Å². The van der Waals surface area contributed by atoms with Crippen LogP contribution in [0.2, 0.25) is 5.02 Å². The highest BCUT2D eigenvalue weighted by molar-refractivity contribution is 6.31. The van der Waals surface area contributed by atoms with Gasteiger partial charge in [0.2, 0.25) is 0 Å². The van der Waals surface area contributed by atoms with Crippen LogP contribution in [-0.2, 0) is 6.42 Å². The number of benzene rings is 1. The molecule has 0 aliphatic heterocycles. The molecule has 0 saturated heterocycles. The first-order valence-corrected chi connectivity index (χ1v) is 5.37. The number of nitriles is 1. The average molecular weight is 222 g/mol. The van der Waals surface area contributed by atoms with Crippen LogP contribution >= 0.6 is 11.6 Å². The van der Waals surface area contributed by atoms with Gasteiger partial charge in [-0.05, 0) is 36.5 Å². The largest absolute Gasteiger partial charge is 0.496 e. The van der Waals surface area contributed by atoms with E-state index in [0.717, 1.165) is 21.9 Å². The molecule has 0 bridgehead atoms. The van der Waals surface area contributed by atoms with Gasteiger partial charge in [0.25, 0.3) is 0 Å². The van der Waals surface area contributed by atoms with Crippen LogP contribution in [0.4, 0.5) is 0 Å². The number of hydrogen-bond acceptors (Lipinski definition) is 2. The van der Waals surface area contributed by atoms with Crippen LogP contribution in [0.5, 0.6) is 5.75 Å². The smallest absolute Gasteiger partial charge is 0.124 e. The highest BCUT2D eigenvalue weighted by atomic mass is 35.5. The molecule has 0 amide bonds. The summed E-state index contributed by atoms with van der Waals surface area (Å²) in [6.07, 6.45) is 2.75. The van der Waals surface area contributed by atoms with Crippen molar-refractivity contribution >= 4 is 11.6 Å². The number of rotatable bonds is 3. The molecule has 2 rings (SSSR count). The lowest BCUT2D eigenvalue weighted by Crippen LogP contribution is -1.94. The molecule has 0 radical (unpaired) electrons. The van der Waals surface area contributed by atoms with Crippen molar-refractivity contribution in [1.29, 1.82) is 5.26 Å². The highest BCUT2D eigenvalue weighted by Gasteiger charge is 2.29. The predicted octanol–water partition coefficient (Wildman–Crippen LogP) is 3.29. The predicted molar refractivity (Wildman–Crippen MR) is 59.3 cm³/mol. The maximum absolute atomic E-state index is 8.63. The summed E-state index contributed by atoms with van der Waals surface area (Å²) in [5, 5.41) is 9.37. The molecule has 15 heavy (non-hydrogen) atoms. The lowest BCUT2D eigenvalue weighted by Gasteiger charge is -2.11. The standard InChI is InChI=1S/C12H12ClNO/c1-15-11-7-8(4-5-14)6-10(13)12(11)9-2-3-9/h6-7,9H,2-4H2,1H3. The first-order chi connectivity index (χ1) is 7.26. The zero-order chi connectivity index (χ0) is 10.8. The summed E-state index contributed by atoms with van der Waals surface area (Å²) >= 11 is 6.19. The number of methoxy groups -OCH3 is 1. The summed E-state index contributed by atoms with van der Waals surface area (Å²) < 4.78 is 5.32. The molecule has 1 aromatic rings. The van der Waals surface area contributed by atoms with E-state index in [9.17, 15) is 0 Å². The summed E-state index contributed by atoms with van der Waals surface area (Å²) in [5.41, 5.74) is 2.03. The van der Waals surface area contributed by atoms with Crippen molar-refractivity contribution in [3.8, 4) is 11.8 Å². The van der Waals surface area contributed by atoms with E-state index in [2.05, 4.69) is 6.07 Å². The van der Waals surface area contributed by atoms with Gasteiger partial charge in [0.15, 0.2) is 0 Å². The zero-order valence-electron chi connectivity index (χ0n) is 8.59. The topological polar surface area (TPSA) is 33.0 Å². The van der Waals surface area contributed by atoms with Gasteiger partial charge in [-0.2, -0.15) is 5.26 Å². The summed E-state index contributed by atoms with van der Waals surface area (Å²) in [5.74, 6) is 1.39. The Morgan fingerprint density at radius 1 is 1.53 bits per heavy atom. The summed E-state index contributed by atoms with van der Waals surface area (Å²) in [7, 11) is 1.65. The molecule has 0 unspecified atom stereocenters. The molecule has 0 spiro atoms. The Kier molecular flexibility index (Phi) is 2.83. The SMILES string of the molecule is COc1cc(CC#N)cc(Cl)c1C1CC1. The van der Waals surface area contributed by atoms with Crippen LogP contribution in [0.15, 0.2) is 12.1 Å². The molecule has 1 aliphatic rings. The van der Waals surface area contributed by atoms with Crippen molar-refractivity contribution in [2.75, 3.05) is 7.11 Å². The van der Waals surface area contributed by atoms with Gasteiger partial charge in [-0.1, -0.05) is 11.6 Å². The number of hydrogen-bond donors (Lipinski definition) is 0. The second-order valence-electron chi connectivity index (χ2n) is 3.80. The lowest BCUT2D eigenvalue weighted by molar-refractivity contribution is 0.409. The zero-order valence-corrected chi connectivity index (χ0v) is 9.34. The first kappa shape index (κ1) is 10.3. The van der Waals surface area contributed by atoms with Crippen molar-refractivity contribution < 1.29 is 4.74 Å². The fourth-order valence-corrected chi connectivity index (χ4v) is 2.16. The Morgan fingerprint density at radius 3 is 2.80 bits per heavy atom. The minimum Gasteiger partial charge on any atom is -0.496 e. The van der Waals surface area contributed by atoms with Crippen molar-refractivity contribution in [2.45, 2.75) is 25.2 Å². The molecule has 78 valence electrons. The number of nitrogens with zero attached hydrogens (tertiary/aromatic N) is 1. The third-order valence-electron chi connectivity index (χ3n) is 2.64. The fourth-order valence-electron chi connectivity index (χ4n) is 1.78. The Morgan fingerprint density at radius 2 is 2.27 bits per heavy atom. The Hall–Kier alpha value is -1.20. The Balaban J connectivity index is 2.42. The fraction of sp³-hybridized carbons (Fsp3) is 0.417. The molecule has 1 aromatic carbocycles. The quantitative estimate of drug-likeness (QED) is 0.785. The third kappa shape index (κ3) is 2.08. The van der Waals surface area contributed by atoms with Gasteiger partial charge < -0.3 is 4.74 Å². The Labute approximate surface area is 94.4 Å². The van der Waals surface area contributed by atoms with E-state index in [4.69, 9.17) is 21.6 Å². The normalized spacial score (nSPS) is 14.7. The van der Waals surface area contributed by atoms with E-state index in [1.165, 1.54) is 12.8 Å². The molecule has 3 heteroatoms. The van der Waals surface area contributed by atoms with Gasteiger partial charge in [0, 0.05) is 10.6 Å². The van der Waals surface area contributed by atoms with Crippen molar-refractivity contribution in [3.63, 3.8) is 0 Å². The maximum Gasteiger partial charge on any atom is 0.124 e. The minimum atomic E-state index is 0.376. The van der Waals surface area contributed by atoms with Crippen molar-refractivity contribution in [1.82, 2.24) is 0 Å². The molecule has 0 atom stereocenters. The molecular formula is C12H12ClNO. The van der Waals surface area contributed by atoms with Gasteiger partial charge in [-0.3, -0.25) is 0 Å². The van der Waals surface area contributed by atoms with Gasteiger partial charge in [0.05, 0.1) is 19.6 Å². The minimum absolute atomic E-state index is 0.376. The van der Waals surface area contributed by atoms with E-state index in [-0.39, 0.29) is 0 Å². The van der Waals surface area contributed by atoms with Crippen LogP contribution in [0.25, 0.3) is 0 Å². The summed E-state index contributed by atoms with van der Waals surface area (Å²) in [6, 6.07) is 5.91. The molecule has 0 heterocycles. The van der Waals surface area contributed by atoms with Crippen molar-refractivity contribution in [3.05, 3.63) is 28.3 Å². The second-order valence-corrected chi connectivity index (χ2v) is 4.21. The van der Waals surface area contributed by atoms with Crippen LogP contribution in [0.3, 0.4) is 0 Å². The lowest BCUT2D eigenvalue weighted by atomic mass is 10.0. The monoisotopic (exact) mass is 221 g/mol. The molecule has 1 fully saturated rings. The molecular weight excluding hydrogens is 210 g/mol. The van der Waals surface area contributed by atoms with E-state index in [0.29, 0.717) is 12.3 Å². The second kappa shape index (κ2) is 4.12. The molecule has 0 N–H and O–H groups in total. The van der Waals surface area contributed by atoms with Gasteiger partial charge in [-0.25, -0.2) is 0 Å². The Bertz CT molecular complexity index is 418. The molecule has 1 aliphatic carbocycles.